The molecule has 0 aliphatic heterocycles. The first-order valence-electron chi connectivity index (χ1n) is 7.06. The number of hydrogen-bond acceptors (Lipinski definition) is 5. The van der Waals surface area contributed by atoms with E-state index in [1.54, 1.807) is 6.21 Å². The van der Waals surface area contributed by atoms with Crippen LogP contribution in [0.15, 0.2) is 49.5 Å². The van der Waals surface area contributed by atoms with E-state index in [0.29, 0.717) is 5.22 Å². The van der Waals surface area contributed by atoms with E-state index in [-0.39, 0.29) is 0 Å². The Morgan fingerprint density at radius 1 is 1.36 bits per heavy atom. The highest BCUT2D eigenvalue weighted by Crippen LogP contribution is 2.37. The van der Waals surface area contributed by atoms with Gasteiger partial charge in [-0.2, -0.15) is 5.10 Å². The minimum atomic E-state index is -0.666. The van der Waals surface area contributed by atoms with Gasteiger partial charge in [-0.05, 0) is 60.1 Å². The summed E-state index contributed by atoms with van der Waals surface area (Å²) in [4.78, 5) is 16.3. The molecule has 0 radical (unpaired) electrons. The van der Waals surface area contributed by atoms with Gasteiger partial charge < -0.3 is 10.2 Å². The first kappa shape index (κ1) is 14.6. The summed E-state index contributed by atoms with van der Waals surface area (Å²) in [6.07, 6.45) is 5.78. The number of nitrogens with zero attached hydrogens (tertiary/aromatic N) is 2. The Balaban J connectivity index is 1.81. The Bertz CT molecular complexity index is 718. The number of primary amides is 1. The lowest BCUT2D eigenvalue weighted by Gasteiger charge is -2.15. The van der Waals surface area contributed by atoms with Crippen molar-refractivity contribution in [1.82, 2.24) is 10.4 Å². The summed E-state index contributed by atoms with van der Waals surface area (Å²) < 4.78 is 5.75. The zero-order valence-corrected chi connectivity index (χ0v) is 12.7. The third-order valence-electron chi connectivity index (χ3n) is 3.34. The first-order chi connectivity index (χ1) is 10.7. The van der Waals surface area contributed by atoms with Crippen LogP contribution >= 0.6 is 11.8 Å². The van der Waals surface area contributed by atoms with Crippen molar-refractivity contribution in [2.45, 2.75) is 30.9 Å². The molecule has 0 unspecified atom stereocenters. The lowest BCUT2D eigenvalue weighted by Crippen LogP contribution is -2.24. The number of hydrogen-bond donors (Lipinski definition) is 2. The number of benzene rings is 1. The van der Waals surface area contributed by atoms with Crippen molar-refractivity contribution in [1.29, 1.82) is 0 Å². The number of nitrogens with one attached hydrogen (secondary N) is 1. The summed E-state index contributed by atoms with van der Waals surface area (Å²) in [5.41, 5.74) is 9.95. The Morgan fingerprint density at radius 2 is 2.18 bits per heavy atom. The van der Waals surface area contributed by atoms with Crippen molar-refractivity contribution in [3.05, 3.63) is 34.7 Å². The van der Waals surface area contributed by atoms with Gasteiger partial charge in [-0.25, -0.2) is 15.2 Å². The molecule has 0 saturated heterocycles. The molecule has 1 aliphatic rings. The van der Waals surface area contributed by atoms with Crippen molar-refractivity contribution < 1.29 is 9.21 Å². The average molecular weight is 316 g/mol. The van der Waals surface area contributed by atoms with Crippen LogP contribution in [0.25, 0.3) is 11.1 Å². The predicted octanol–water partition coefficient (Wildman–Crippen LogP) is 3.40. The maximum atomic E-state index is 10.7. The van der Waals surface area contributed by atoms with Crippen LogP contribution in [0, 0.1) is 0 Å². The number of thioether (sulfide) groups is 1. The number of fused-ring (bicyclic) bond motifs is 1. The largest absolute Gasteiger partial charge is 0.431 e. The molecule has 0 bridgehead atoms. The Morgan fingerprint density at radius 3 is 3.00 bits per heavy atom. The summed E-state index contributed by atoms with van der Waals surface area (Å²) >= 11 is 1.52. The van der Waals surface area contributed by atoms with E-state index >= 15 is 0 Å². The fraction of sp³-hybridized carbons (Fsp3) is 0.267. The van der Waals surface area contributed by atoms with E-state index in [4.69, 9.17) is 10.2 Å². The molecular formula is C15H16N4O2S. The number of carbonyl (C=O) groups excluding carboxylic acids is 1. The highest BCUT2D eigenvalue weighted by molar-refractivity contribution is 8.02. The molecule has 7 heteroatoms. The zero-order chi connectivity index (χ0) is 15.4. The zero-order valence-electron chi connectivity index (χ0n) is 11.9. The Kier molecular flexibility index (Phi) is 4.43. The molecule has 22 heavy (non-hydrogen) atoms. The number of nitrogens with two attached hydrogens (primary N) is 1. The van der Waals surface area contributed by atoms with Gasteiger partial charge >= 0.3 is 6.03 Å². The average Bonchev–Trinajstić information content (AvgIpc) is 2.91. The number of para-hydroxylation sites is 2. The van der Waals surface area contributed by atoms with Crippen LogP contribution in [0.1, 0.15) is 25.7 Å². The van der Waals surface area contributed by atoms with Crippen LogP contribution in [0.3, 0.4) is 0 Å². The molecule has 1 heterocycles. The normalized spacial score (nSPS) is 15.6. The molecule has 3 N–H and O–H groups in total. The molecule has 1 aromatic heterocycles. The lowest BCUT2D eigenvalue weighted by atomic mass is 10.0. The van der Waals surface area contributed by atoms with Crippen molar-refractivity contribution in [3.8, 4) is 0 Å². The molecule has 2 aromatic rings. The monoisotopic (exact) mass is 316 g/mol. The number of urea groups is 1. The fourth-order valence-electron chi connectivity index (χ4n) is 2.33. The fourth-order valence-corrected chi connectivity index (χ4v) is 3.35. The van der Waals surface area contributed by atoms with Crippen molar-refractivity contribution in [3.63, 3.8) is 0 Å². The minimum Gasteiger partial charge on any atom is -0.431 e. The second-order valence-corrected chi connectivity index (χ2v) is 5.99. The van der Waals surface area contributed by atoms with E-state index in [1.807, 2.05) is 24.3 Å². The maximum Gasteiger partial charge on any atom is 0.332 e. The van der Waals surface area contributed by atoms with Crippen molar-refractivity contribution in [2.24, 2.45) is 10.8 Å². The molecule has 3 rings (SSSR count). The van der Waals surface area contributed by atoms with Crippen LogP contribution in [-0.2, 0) is 0 Å². The molecule has 1 aromatic carbocycles. The van der Waals surface area contributed by atoms with Gasteiger partial charge in [0, 0.05) is 0 Å². The van der Waals surface area contributed by atoms with Crippen LogP contribution in [0.2, 0.25) is 0 Å². The van der Waals surface area contributed by atoms with Crippen LogP contribution in [0.4, 0.5) is 4.79 Å². The van der Waals surface area contributed by atoms with E-state index in [1.165, 1.54) is 16.7 Å². The number of hydrazone groups is 1. The van der Waals surface area contributed by atoms with E-state index in [9.17, 15) is 4.79 Å². The Hall–Kier alpha value is -2.28. The van der Waals surface area contributed by atoms with Crippen LogP contribution in [-0.4, -0.2) is 17.2 Å². The standard InChI is InChI=1S/C15H16N4O2S/c16-14(20)19-17-9-10-5-1-4-8-13(10)22-15-18-11-6-2-3-7-12(11)21-15/h2-3,6-7,9H,1,4-5,8H2,(H3,16,19,20). The van der Waals surface area contributed by atoms with Gasteiger partial charge in [0.2, 0.25) is 0 Å². The predicted molar refractivity (Wildman–Crippen MR) is 86.6 cm³/mol. The van der Waals surface area contributed by atoms with E-state index in [0.717, 1.165) is 42.4 Å². The van der Waals surface area contributed by atoms with Gasteiger partial charge in [0.15, 0.2) is 5.58 Å². The highest BCUT2D eigenvalue weighted by Gasteiger charge is 2.16. The quantitative estimate of drug-likeness (QED) is 0.667. The van der Waals surface area contributed by atoms with E-state index in [2.05, 4.69) is 15.5 Å². The number of allylic oxidation sites excluding steroid dienone is 2. The number of amides is 2. The summed E-state index contributed by atoms with van der Waals surface area (Å²) in [5, 5.41) is 4.49. The summed E-state index contributed by atoms with van der Waals surface area (Å²) in [6.45, 7) is 0. The third-order valence-corrected chi connectivity index (χ3v) is 4.40. The molecule has 1 aliphatic carbocycles. The smallest absolute Gasteiger partial charge is 0.332 e. The molecule has 6 nitrogen and oxygen atoms in total. The van der Waals surface area contributed by atoms with Gasteiger partial charge in [-0.3, -0.25) is 0 Å². The highest BCUT2D eigenvalue weighted by atomic mass is 32.2. The van der Waals surface area contributed by atoms with E-state index < -0.39 is 6.03 Å². The summed E-state index contributed by atoms with van der Waals surface area (Å²) in [6, 6.07) is 7.03. The summed E-state index contributed by atoms with van der Waals surface area (Å²) in [7, 11) is 0. The number of aromatic nitrogens is 1. The van der Waals surface area contributed by atoms with Gasteiger partial charge in [-0.15, -0.1) is 0 Å². The Labute approximate surface area is 131 Å². The molecule has 2 amide bonds. The second kappa shape index (κ2) is 6.65. The second-order valence-electron chi connectivity index (χ2n) is 4.94. The number of rotatable bonds is 4. The lowest BCUT2D eigenvalue weighted by molar-refractivity contribution is 0.249. The van der Waals surface area contributed by atoms with Gasteiger partial charge in [0.25, 0.3) is 5.22 Å². The van der Waals surface area contributed by atoms with Gasteiger partial charge in [0.1, 0.15) is 5.52 Å². The molecule has 0 fully saturated rings. The van der Waals surface area contributed by atoms with Crippen molar-refractivity contribution >= 4 is 35.1 Å². The van der Waals surface area contributed by atoms with Crippen LogP contribution in [0.5, 0.6) is 0 Å². The van der Waals surface area contributed by atoms with Gasteiger partial charge in [-0.1, -0.05) is 12.1 Å². The third kappa shape index (κ3) is 3.48. The van der Waals surface area contributed by atoms with Crippen molar-refractivity contribution in [2.75, 3.05) is 0 Å². The molecule has 0 saturated carbocycles. The van der Waals surface area contributed by atoms with Crippen LogP contribution < -0.4 is 11.2 Å². The molecule has 114 valence electrons. The first-order valence-corrected chi connectivity index (χ1v) is 7.88. The summed E-state index contributed by atoms with van der Waals surface area (Å²) in [5.74, 6) is 0. The maximum absolute atomic E-state index is 10.7. The topological polar surface area (TPSA) is 93.5 Å². The molecule has 0 atom stereocenters. The minimum absolute atomic E-state index is 0.631. The number of oxazole rings is 1. The molecule has 0 spiro atoms. The van der Waals surface area contributed by atoms with Gasteiger partial charge in [0.05, 0.1) is 6.21 Å². The molecular weight excluding hydrogens is 300 g/mol. The SMILES string of the molecule is NC(=O)NN=CC1=C(Sc2nc3ccccc3o2)CCCC1. The number of carbonyl (C=O) groups is 1.